The van der Waals surface area contributed by atoms with Crippen molar-refractivity contribution in [1.29, 1.82) is 0 Å². The van der Waals surface area contributed by atoms with Crippen LogP contribution in [0.3, 0.4) is 0 Å². The number of rotatable bonds is 5. The zero-order valence-corrected chi connectivity index (χ0v) is 9.85. The predicted octanol–water partition coefficient (Wildman–Crippen LogP) is 3.37. The van der Waals surface area contributed by atoms with E-state index < -0.39 is 0 Å². The fraction of sp³-hybridized carbons (Fsp3) is 0.300. The molecule has 0 radical (unpaired) electrons. The van der Waals surface area contributed by atoms with Gasteiger partial charge in [0.15, 0.2) is 0 Å². The summed E-state index contributed by atoms with van der Waals surface area (Å²) in [4.78, 5) is 10.4. The molecular formula is C10H10BrClO2. The smallest absolute Gasteiger partial charge is 0.221 e. The van der Waals surface area contributed by atoms with Crippen molar-refractivity contribution in [2.75, 3.05) is 6.61 Å². The Hall–Kier alpha value is -0.540. The van der Waals surface area contributed by atoms with Crippen LogP contribution in [-0.4, -0.2) is 11.8 Å². The van der Waals surface area contributed by atoms with Crippen molar-refractivity contribution in [2.45, 2.75) is 12.8 Å². The fourth-order valence-corrected chi connectivity index (χ4v) is 1.33. The minimum absolute atomic E-state index is 0.315. The summed E-state index contributed by atoms with van der Waals surface area (Å²) in [6, 6.07) is 7.54. The zero-order chi connectivity index (χ0) is 10.4. The van der Waals surface area contributed by atoms with Gasteiger partial charge in [-0.15, -0.1) is 0 Å². The SMILES string of the molecule is O=C(Cl)CCCOc1ccc(Br)cc1. The molecule has 1 aromatic rings. The molecule has 14 heavy (non-hydrogen) atoms. The number of halogens is 2. The first-order chi connectivity index (χ1) is 6.68. The number of hydrogen-bond donors (Lipinski definition) is 0. The Kier molecular flexibility index (Phi) is 4.98. The number of benzene rings is 1. The highest BCUT2D eigenvalue weighted by Gasteiger charge is 1.97. The van der Waals surface area contributed by atoms with E-state index in [1.54, 1.807) is 0 Å². The highest BCUT2D eigenvalue weighted by atomic mass is 79.9. The second-order valence-corrected chi connectivity index (χ2v) is 4.10. The molecule has 0 saturated carbocycles. The maximum absolute atomic E-state index is 10.4. The van der Waals surface area contributed by atoms with Crippen LogP contribution in [0.2, 0.25) is 0 Å². The Labute approximate surface area is 96.3 Å². The van der Waals surface area contributed by atoms with Gasteiger partial charge in [0.2, 0.25) is 5.24 Å². The number of hydrogen-bond acceptors (Lipinski definition) is 2. The van der Waals surface area contributed by atoms with Gasteiger partial charge < -0.3 is 4.74 Å². The average Bonchev–Trinajstić information content (AvgIpc) is 2.15. The first kappa shape index (κ1) is 11.5. The van der Waals surface area contributed by atoms with Gasteiger partial charge in [0, 0.05) is 10.9 Å². The molecule has 0 bridgehead atoms. The van der Waals surface area contributed by atoms with Gasteiger partial charge in [-0.05, 0) is 42.3 Å². The van der Waals surface area contributed by atoms with Gasteiger partial charge in [0.25, 0.3) is 0 Å². The number of carbonyl (C=O) groups excluding carboxylic acids is 1. The third-order valence-electron chi connectivity index (χ3n) is 1.60. The van der Waals surface area contributed by atoms with Crippen molar-refractivity contribution < 1.29 is 9.53 Å². The summed E-state index contributed by atoms with van der Waals surface area (Å²) in [5, 5.41) is -0.315. The zero-order valence-electron chi connectivity index (χ0n) is 7.50. The first-order valence-electron chi connectivity index (χ1n) is 4.25. The lowest BCUT2D eigenvalue weighted by Gasteiger charge is -2.04. The highest BCUT2D eigenvalue weighted by molar-refractivity contribution is 9.10. The molecule has 0 spiro atoms. The summed E-state index contributed by atoms with van der Waals surface area (Å²) < 4.78 is 6.39. The Balaban J connectivity index is 2.25. The van der Waals surface area contributed by atoms with Crippen molar-refractivity contribution in [3.63, 3.8) is 0 Å². The van der Waals surface area contributed by atoms with Crippen LogP contribution in [0.25, 0.3) is 0 Å². The van der Waals surface area contributed by atoms with Crippen LogP contribution in [0.1, 0.15) is 12.8 Å². The molecule has 0 fully saturated rings. The maximum Gasteiger partial charge on any atom is 0.221 e. The van der Waals surface area contributed by atoms with E-state index in [1.807, 2.05) is 24.3 Å². The van der Waals surface area contributed by atoms with Crippen LogP contribution in [-0.2, 0) is 4.79 Å². The van der Waals surface area contributed by atoms with E-state index in [2.05, 4.69) is 15.9 Å². The molecule has 0 N–H and O–H groups in total. The van der Waals surface area contributed by atoms with Crippen LogP contribution in [0.15, 0.2) is 28.7 Å². The normalized spacial score (nSPS) is 9.86. The molecule has 1 aromatic carbocycles. The van der Waals surface area contributed by atoms with Crippen molar-refractivity contribution in [3.8, 4) is 5.75 Å². The van der Waals surface area contributed by atoms with Crippen molar-refractivity contribution >= 4 is 32.8 Å². The Bertz CT molecular complexity index is 297. The molecule has 0 aliphatic rings. The standard InChI is InChI=1S/C10H10BrClO2/c11-8-3-5-9(6-4-8)14-7-1-2-10(12)13/h3-6H,1-2,7H2. The summed E-state index contributed by atoms with van der Waals surface area (Å²) in [6.07, 6.45) is 1.01. The van der Waals surface area contributed by atoms with Gasteiger partial charge in [-0.1, -0.05) is 15.9 Å². The first-order valence-corrected chi connectivity index (χ1v) is 5.42. The molecule has 4 heteroatoms. The molecular weight excluding hydrogens is 267 g/mol. The summed E-state index contributed by atoms with van der Waals surface area (Å²) in [5.41, 5.74) is 0. The summed E-state index contributed by atoms with van der Waals surface area (Å²) in [5.74, 6) is 0.801. The second kappa shape index (κ2) is 6.04. The van der Waals surface area contributed by atoms with Crippen LogP contribution < -0.4 is 4.74 Å². The van der Waals surface area contributed by atoms with Crippen LogP contribution >= 0.6 is 27.5 Å². The molecule has 0 saturated heterocycles. The van der Waals surface area contributed by atoms with Crippen molar-refractivity contribution in [2.24, 2.45) is 0 Å². The molecule has 0 aliphatic carbocycles. The van der Waals surface area contributed by atoms with E-state index in [1.165, 1.54) is 0 Å². The Morgan fingerprint density at radius 2 is 2.00 bits per heavy atom. The van der Waals surface area contributed by atoms with E-state index >= 15 is 0 Å². The second-order valence-electron chi connectivity index (χ2n) is 2.76. The maximum atomic E-state index is 10.4. The lowest BCUT2D eigenvalue weighted by molar-refractivity contribution is -0.111. The molecule has 0 unspecified atom stereocenters. The quantitative estimate of drug-likeness (QED) is 0.609. The molecule has 0 aromatic heterocycles. The summed E-state index contributed by atoms with van der Waals surface area (Å²) in [7, 11) is 0. The molecule has 0 heterocycles. The summed E-state index contributed by atoms with van der Waals surface area (Å²) >= 11 is 8.51. The molecule has 76 valence electrons. The summed E-state index contributed by atoms with van der Waals surface area (Å²) in [6.45, 7) is 0.514. The topological polar surface area (TPSA) is 26.3 Å². The van der Waals surface area contributed by atoms with Gasteiger partial charge in [-0.25, -0.2) is 0 Å². The number of carbonyl (C=O) groups is 1. The van der Waals surface area contributed by atoms with E-state index in [0.717, 1.165) is 10.2 Å². The third kappa shape index (κ3) is 4.63. The van der Waals surface area contributed by atoms with Crippen LogP contribution in [0.5, 0.6) is 5.75 Å². The predicted molar refractivity (Wildman–Crippen MR) is 59.7 cm³/mol. The Morgan fingerprint density at radius 3 is 2.57 bits per heavy atom. The van der Waals surface area contributed by atoms with Crippen molar-refractivity contribution in [3.05, 3.63) is 28.7 Å². The molecule has 1 rings (SSSR count). The van der Waals surface area contributed by atoms with E-state index in [0.29, 0.717) is 19.4 Å². The van der Waals surface area contributed by atoms with Gasteiger partial charge in [-0.3, -0.25) is 4.79 Å². The van der Waals surface area contributed by atoms with Gasteiger partial charge in [0.05, 0.1) is 6.61 Å². The highest BCUT2D eigenvalue weighted by Crippen LogP contribution is 2.16. The van der Waals surface area contributed by atoms with Gasteiger partial charge in [0.1, 0.15) is 5.75 Å². The molecule has 0 amide bonds. The van der Waals surface area contributed by atoms with E-state index in [-0.39, 0.29) is 5.24 Å². The average molecular weight is 278 g/mol. The number of ether oxygens (including phenoxy) is 1. The minimum atomic E-state index is -0.315. The molecule has 0 aliphatic heterocycles. The van der Waals surface area contributed by atoms with Gasteiger partial charge in [-0.2, -0.15) is 0 Å². The van der Waals surface area contributed by atoms with E-state index in [9.17, 15) is 4.79 Å². The monoisotopic (exact) mass is 276 g/mol. The molecule has 0 atom stereocenters. The van der Waals surface area contributed by atoms with Crippen LogP contribution in [0.4, 0.5) is 0 Å². The largest absolute Gasteiger partial charge is 0.494 e. The van der Waals surface area contributed by atoms with E-state index in [4.69, 9.17) is 16.3 Å². The van der Waals surface area contributed by atoms with Crippen LogP contribution in [0, 0.1) is 0 Å². The lowest BCUT2D eigenvalue weighted by atomic mass is 10.3. The minimum Gasteiger partial charge on any atom is -0.494 e. The third-order valence-corrected chi connectivity index (χ3v) is 2.32. The lowest BCUT2D eigenvalue weighted by Crippen LogP contribution is -1.99. The molecule has 2 nitrogen and oxygen atoms in total. The van der Waals surface area contributed by atoms with Crippen molar-refractivity contribution in [1.82, 2.24) is 0 Å². The fourth-order valence-electron chi connectivity index (χ4n) is 0.932. The van der Waals surface area contributed by atoms with Gasteiger partial charge >= 0.3 is 0 Å². The Morgan fingerprint density at radius 1 is 1.36 bits per heavy atom.